The smallest absolute Gasteiger partial charge is 0.168 e. The van der Waals surface area contributed by atoms with E-state index in [1.54, 1.807) is 22.2 Å². The summed E-state index contributed by atoms with van der Waals surface area (Å²) in [6.07, 6.45) is 3.29. The summed E-state index contributed by atoms with van der Waals surface area (Å²) in [6.45, 7) is 0. The Hall–Kier alpha value is -4.07. The van der Waals surface area contributed by atoms with E-state index < -0.39 is 0 Å². The number of fused-ring (bicyclic) bond motifs is 1. The van der Waals surface area contributed by atoms with Gasteiger partial charge in [0.05, 0.1) is 23.0 Å². The molecule has 8 heteroatoms. The van der Waals surface area contributed by atoms with Crippen LogP contribution in [-0.4, -0.2) is 24.7 Å². The molecule has 3 aromatic heterocycles. The first-order chi connectivity index (χ1) is 16.7. The number of hydrogen-bond donors (Lipinski definition) is 1. The highest BCUT2D eigenvalue weighted by Crippen LogP contribution is 2.30. The highest BCUT2D eigenvalue weighted by molar-refractivity contribution is 7.13. The molecule has 0 fully saturated rings. The molecule has 0 bridgehead atoms. The molecule has 0 aliphatic carbocycles. The highest BCUT2D eigenvalue weighted by atomic mass is 35.5. The standard InChI is InChI=1S/C26H17ClN6S/c27-19-7-4-8-21(13-19)33-25-22(14-30-33)24(28-16-29-25)31-20-11-9-17(10-12-20)23-15-34-26(32-23)18-5-2-1-3-6-18/h1-16H,(H,28,29,31). The first-order valence-electron chi connectivity index (χ1n) is 10.6. The van der Waals surface area contributed by atoms with E-state index in [9.17, 15) is 0 Å². The molecular formula is C26H17ClN6S. The third kappa shape index (κ3) is 3.91. The van der Waals surface area contributed by atoms with Gasteiger partial charge in [-0.2, -0.15) is 5.10 Å². The maximum atomic E-state index is 6.15. The van der Waals surface area contributed by atoms with Crippen LogP contribution in [0.15, 0.2) is 96.8 Å². The number of benzene rings is 3. The van der Waals surface area contributed by atoms with E-state index in [4.69, 9.17) is 16.6 Å². The summed E-state index contributed by atoms with van der Waals surface area (Å²) in [5.74, 6) is 0.686. The van der Waals surface area contributed by atoms with Crippen molar-refractivity contribution in [3.05, 3.63) is 102 Å². The van der Waals surface area contributed by atoms with E-state index in [0.717, 1.165) is 38.6 Å². The minimum atomic E-state index is 0.643. The predicted octanol–water partition coefficient (Wildman–Crippen LogP) is 7.00. The second kappa shape index (κ2) is 8.70. The second-order valence-corrected chi connectivity index (χ2v) is 8.90. The van der Waals surface area contributed by atoms with Crippen molar-refractivity contribution in [1.29, 1.82) is 0 Å². The Morgan fingerprint density at radius 1 is 0.853 bits per heavy atom. The van der Waals surface area contributed by atoms with E-state index >= 15 is 0 Å². The molecule has 3 aromatic carbocycles. The fraction of sp³-hybridized carbons (Fsp3) is 0. The fourth-order valence-corrected chi connectivity index (χ4v) is 4.74. The number of aromatic nitrogens is 5. The maximum absolute atomic E-state index is 6.15. The van der Waals surface area contributed by atoms with Gasteiger partial charge in [0.25, 0.3) is 0 Å². The Labute approximate surface area is 204 Å². The highest BCUT2D eigenvalue weighted by Gasteiger charge is 2.12. The maximum Gasteiger partial charge on any atom is 0.168 e. The molecule has 0 spiro atoms. The Morgan fingerprint density at radius 3 is 2.53 bits per heavy atom. The van der Waals surface area contributed by atoms with Crippen LogP contribution in [0.25, 0.3) is 38.5 Å². The summed E-state index contributed by atoms with van der Waals surface area (Å²) in [4.78, 5) is 13.7. The third-order valence-electron chi connectivity index (χ3n) is 5.39. The average molecular weight is 481 g/mol. The number of thiazole rings is 1. The Kier molecular flexibility index (Phi) is 5.25. The number of nitrogens with one attached hydrogen (secondary N) is 1. The van der Waals surface area contributed by atoms with Crippen LogP contribution in [0.2, 0.25) is 5.02 Å². The monoisotopic (exact) mass is 480 g/mol. The first kappa shape index (κ1) is 20.5. The topological polar surface area (TPSA) is 68.5 Å². The van der Waals surface area contributed by atoms with Crippen LogP contribution in [0.5, 0.6) is 0 Å². The predicted molar refractivity (Wildman–Crippen MR) is 138 cm³/mol. The number of hydrogen-bond acceptors (Lipinski definition) is 6. The van der Waals surface area contributed by atoms with Crippen LogP contribution in [0.1, 0.15) is 0 Å². The zero-order valence-corrected chi connectivity index (χ0v) is 19.3. The van der Waals surface area contributed by atoms with Crippen LogP contribution >= 0.6 is 22.9 Å². The van der Waals surface area contributed by atoms with Gasteiger partial charge in [0, 0.05) is 27.2 Å². The molecule has 164 valence electrons. The van der Waals surface area contributed by atoms with Gasteiger partial charge in [0.1, 0.15) is 17.2 Å². The number of nitrogens with zero attached hydrogens (tertiary/aromatic N) is 5. The van der Waals surface area contributed by atoms with Crippen molar-refractivity contribution in [3.8, 4) is 27.5 Å². The van der Waals surface area contributed by atoms with Gasteiger partial charge in [-0.1, -0.05) is 60.1 Å². The molecule has 0 amide bonds. The molecule has 0 atom stereocenters. The number of anilines is 2. The van der Waals surface area contributed by atoms with Gasteiger partial charge in [-0.05, 0) is 30.3 Å². The lowest BCUT2D eigenvalue weighted by Crippen LogP contribution is -1.99. The van der Waals surface area contributed by atoms with Gasteiger partial charge in [0.2, 0.25) is 0 Å². The minimum Gasteiger partial charge on any atom is -0.340 e. The summed E-state index contributed by atoms with van der Waals surface area (Å²) in [5, 5.41) is 12.4. The van der Waals surface area contributed by atoms with Gasteiger partial charge < -0.3 is 5.32 Å². The Bertz CT molecular complexity index is 1590. The molecule has 6 aromatic rings. The van der Waals surface area contributed by atoms with E-state index in [1.807, 2.05) is 54.6 Å². The third-order valence-corrected chi connectivity index (χ3v) is 6.51. The Morgan fingerprint density at radius 2 is 1.71 bits per heavy atom. The summed E-state index contributed by atoms with van der Waals surface area (Å²) >= 11 is 7.80. The van der Waals surface area contributed by atoms with E-state index in [0.29, 0.717) is 16.5 Å². The Balaban J connectivity index is 1.26. The normalized spacial score (nSPS) is 11.1. The SMILES string of the molecule is Clc1cccc(-n2ncc3c(Nc4ccc(-c5csc(-c6ccccc6)n5)cc4)ncnc32)c1. The van der Waals surface area contributed by atoms with Crippen molar-refractivity contribution in [2.45, 2.75) is 0 Å². The lowest BCUT2D eigenvalue weighted by molar-refractivity contribution is 0.895. The second-order valence-electron chi connectivity index (χ2n) is 7.60. The van der Waals surface area contributed by atoms with Crippen molar-refractivity contribution >= 4 is 45.5 Å². The average Bonchev–Trinajstić information content (AvgIpc) is 3.54. The number of halogens is 1. The van der Waals surface area contributed by atoms with Crippen LogP contribution in [-0.2, 0) is 0 Å². The van der Waals surface area contributed by atoms with E-state index in [-0.39, 0.29) is 0 Å². The molecule has 0 saturated heterocycles. The van der Waals surface area contributed by atoms with Gasteiger partial charge in [-0.3, -0.25) is 0 Å². The molecule has 6 rings (SSSR count). The molecule has 6 nitrogen and oxygen atoms in total. The van der Waals surface area contributed by atoms with Crippen molar-refractivity contribution in [2.24, 2.45) is 0 Å². The minimum absolute atomic E-state index is 0.643. The van der Waals surface area contributed by atoms with Crippen LogP contribution in [0, 0.1) is 0 Å². The van der Waals surface area contributed by atoms with Gasteiger partial charge in [-0.25, -0.2) is 19.6 Å². The van der Waals surface area contributed by atoms with Crippen molar-refractivity contribution in [1.82, 2.24) is 24.7 Å². The van der Waals surface area contributed by atoms with Crippen LogP contribution in [0.3, 0.4) is 0 Å². The summed E-state index contributed by atoms with van der Waals surface area (Å²) in [7, 11) is 0. The zero-order valence-electron chi connectivity index (χ0n) is 17.8. The van der Waals surface area contributed by atoms with Crippen LogP contribution in [0.4, 0.5) is 11.5 Å². The molecule has 0 aliphatic heterocycles. The summed E-state index contributed by atoms with van der Waals surface area (Å²) in [5.41, 5.74) is 5.61. The molecule has 3 heterocycles. The van der Waals surface area contributed by atoms with Gasteiger partial charge >= 0.3 is 0 Å². The summed E-state index contributed by atoms with van der Waals surface area (Å²) in [6, 6.07) is 25.9. The van der Waals surface area contributed by atoms with Gasteiger partial charge in [-0.15, -0.1) is 11.3 Å². The van der Waals surface area contributed by atoms with Crippen molar-refractivity contribution in [3.63, 3.8) is 0 Å². The zero-order chi connectivity index (χ0) is 22.9. The molecule has 34 heavy (non-hydrogen) atoms. The van der Waals surface area contributed by atoms with Crippen LogP contribution < -0.4 is 5.32 Å². The van der Waals surface area contributed by atoms with Gasteiger partial charge in [0.15, 0.2) is 5.65 Å². The lowest BCUT2D eigenvalue weighted by atomic mass is 10.1. The largest absolute Gasteiger partial charge is 0.340 e. The molecule has 1 N–H and O–H groups in total. The van der Waals surface area contributed by atoms with E-state index in [2.05, 4.69) is 50.0 Å². The van der Waals surface area contributed by atoms with E-state index in [1.165, 1.54) is 6.33 Å². The molecule has 0 unspecified atom stereocenters. The summed E-state index contributed by atoms with van der Waals surface area (Å²) < 4.78 is 1.75. The van der Waals surface area contributed by atoms with Crippen molar-refractivity contribution in [2.75, 3.05) is 5.32 Å². The van der Waals surface area contributed by atoms with Crippen molar-refractivity contribution < 1.29 is 0 Å². The quantitative estimate of drug-likeness (QED) is 0.287. The lowest BCUT2D eigenvalue weighted by Gasteiger charge is -2.08. The number of rotatable bonds is 5. The first-order valence-corrected chi connectivity index (χ1v) is 11.8. The fourth-order valence-electron chi connectivity index (χ4n) is 3.72. The molecule has 0 radical (unpaired) electrons. The molecule has 0 saturated carbocycles. The molecular weight excluding hydrogens is 464 g/mol. The molecule has 0 aliphatic rings.